The van der Waals surface area contributed by atoms with Crippen molar-refractivity contribution in [1.29, 1.82) is 0 Å². The van der Waals surface area contributed by atoms with Crippen molar-refractivity contribution >= 4 is 40.2 Å². The first-order chi connectivity index (χ1) is 10.6. The lowest BCUT2D eigenvalue weighted by atomic mass is 10.1. The molecular weight excluding hydrogens is 312 g/mol. The number of aromatic nitrogens is 4. The van der Waals surface area contributed by atoms with E-state index < -0.39 is 0 Å². The van der Waals surface area contributed by atoms with Gasteiger partial charge in [0.25, 0.3) is 0 Å². The number of fused-ring (bicyclic) bond motifs is 2. The van der Waals surface area contributed by atoms with Gasteiger partial charge < -0.3 is 10.2 Å². The third-order valence-electron chi connectivity index (χ3n) is 3.79. The van der Waals surface area contributed by atoms with Crippen LogP contribution in [0.1, 0.15) is 12.1 Å². The Balaban J connectivity index is 0.00000192. The minimum atomic E-state index is 0. The van der Waals surface area contributed by atoms with E-state index in [4.69, 9.17) is 0 Å². The number of nitrogens with one attached hydrogen (secondary N) is 1. The summed E-state index contributed by atoms with van der Waals surface area (Å²) in [5.74, 6) is 0. The van der Waals surface area contributed by atoms with E-state index in [0.717, 1.165) is 53.0 Å². The van der Waals surface area contributed by atoms with E-state index in [9.17, 15) is 0 Å². The van der Waals surface area contributed by atoms with E-state index in [1.54, 1.807) is 6.20 Å². The van der Waals surface area contributed by atoms with Gasteiger partial charge in [0.2, 0.25) is 0 Å². The Bertz CT molecular complexity index is 811. The molecule has 0 saturated carbocycles. The highest BCUT2D eigenvalue weighted by molar-refractivity contribution is 6.06. The Labute approximate surface area is 142 Å². The summed E-state index contributed by atoms with van der Waals surface area (Å²) >= 11 is 0. The maximum Gasteiger partial charge on any atom is 0.163 e. The molecule has 0 spiro atoms. The zero-order chi connectivity index (χ0) is 15.7. The van der Waals surface area contributed by atoms with Crippen LogP contribution in [-0.2, 0) is 7.05 Å². The van der Waals surface area contributed by atoms with Crippen molar-refractivity contribution in [3.05, 3.63) is 24.0 Å². The molecule has 0 aromatic carbocycles. The SMILES string of the molecule is Cc1nn(C)c2nc3ncccc3c(NCCCN(C)C)c12.Cl. The fourth-order valence-corrected chi connectivity index (χ4v) is 2.78. The summed E-state index contributed by atoms with van der Waals surface area (Å²) < 4.78 is 1.82. The molecule has 124 valence electrons. The Morgan fingerprint density at radius 1 is 1.30 bits per heavy atom. The maximum absolute atomic E-state index is 4.66. The lowest BCUT2D eigenvalue weighted by Crippen LogP contribution is -2.16. The van der Waals surface area contributed by atoms with Gasteiger partial charge in [0.15, 0.2) is 11.3 Å². The summed E-state index contributed by atoms with van der Waals surface area (Å²) in [6, 6.07) is 4.02. The first-order valence-corrected chi connectivity index (χ1v) is 7.54. The summed E-state index contributed by atoms with van der Waals surface area (Å²) in [6.07, 6.45) is 2.86. The van der Waals surface area contributed by atoms with Gasteiger partial charge in [-0.15, -0.1) is 12.4 Å². The molecule has 3 rings (SSSR count). The number of aryl methyl sites for hydroxylation is 2. The number of hydrogen-bond donors (Lipinski definition) is 1. The monoisotopic (exact) mass is 334 g/mol. The van der Waals surface area contributed by atoms with Gasteiger partial charge in [-0.1, -0.05) is 0 Å². The van der Waals surface area contributed by atoms with Crippen molar-refractivity contribution < 1.29 is 0 Å². The molecule has 3 heterocycles. The van der Waals surface area contributed by atoms with E-state index >= 15 is 0 Å². The maximum atomic E-state index is 4.66. The number of rotatable bonds is 5. The molecule has 3 aromatic rings. The predicted octanol–water partition coefficient (Wildman–Crippen LogP) is 2.61. The Kier molecular flexibility index (Phi) is 5.38. The van der Waals surface area contributed by atoms with Gasteiger partial charge in [-0.25, -0.2) is 9.97 Å². The summed E-state index contributed by atoms with van der Waals surface area (Å²) in [4.78, 5) is 11.2. The van der Waals surface area contributed by atoms with Gasteiger partial charge in [-0.2, -0.15) is 5.10 Å². The fourth-order valence-electron chi connectivity index (χ4n) is 2.78. The van der Waals surface area contributed by atoms with E-state index in [1.165, 1.54) is 0 Å². The van der Waals surface area contributed by atoms with Crippen molar-refractivity contribution in [2.24, 2.45) is 7.05 Å². The number of anilines is 1. The van der Waals surface area contributed by atoms with Crippen molar-refractivity contribution in [2.45, 2.75) is 13.3 Å². The first kappa shape index (κ1) is 17.4. The molecule has 0 atom stereocenters. The molecular formula is C16H23ClN6. The van der Waals surface area contributed by atoms with Crippen LogP contribution in [0.5, 0.6) is 0 Å². The predicted molar refractivity (Wildman–Crippen MR) is 97.5 cm³/mol. The van der Waals surface area contributed by atoms with Crippen LogP contribution < -0.4 is 5.32 Å². The second-order valence-electron chi connectivity index (χ2n) is 5.85. The van der Waals surface area contributed by atoms with Crippen LogP contribution in [0.25, 0.3) is 22.1 Å². The highest BCUT2D eigenvalue weighted by Gasteiger charge is 2.15. The summed E-state index contributed by atoms with van der Waals surface area (Å²) in [5, 5.41) is 10.2. The highest BCUT2D eigenvalue weighted by atomic mass is 35.5. The standard InChI is InChI=1S/C16H22N6.ClH/c1-11-13-14(17-9-6-10-21(2)3)12-7-5-8-18-15(12)19-16(13)22(4)20-11;/h5,7-8H,6,9-10H2,1-4H3,(H,17,18,19);1H. The van der Waals surface area contributed by atoms with Crippen LogP contribution in [0.4, 0.5) is 5.69 Å². The fraction of sp³-hybridized carbons (Fsp3) is 0.438. The quantitative estimate of drug-likeness (QED) is 0.727. The van der Waals surface area contributed by atoms with Crippen molar-refractivity contribution in [1.82, 2.24) is 24.6 Å². The van der Waals surface area contributed by atoms with Crippen LogP contribution in [0.3, 0.4) is 0 Å². The van der Waals surface area contributed by atoms with Gasteiger partial charge in [0.05, 0.1) is 16.8 Å². The smallest absolute Gasteiger partial charge is 0.163 e. The van der Waals surface area contributed by atoms with Gasteiger partial charge in [0, 0.05) is 25.2 Å². The third-order valence-corrected chi connectivity index (χ3v) is 3.79. The van der Waals surface area contributed by atoms with Gasteiger partial charge in [-0.3, -0.25) is 4.68 Å². The molecule has 0 aliphatic heterocycles. The largest absolute Gasteiger partial charge is 0.384 e. The Morgan fingerprint density at radius 2 is 2.09 bits per heavy atom. The molecule has 0 aliphatic rings. The number of halogens is 1. The number of pyridine rings is 2. The van der Waals surface area contributed by atoms with Crippen molar-refractivity contribution in [3.63, 3.8) is 0 Å². The van der Waals surface area contributed by atoms with Crippen LogP contribution in [-0.4, -0.2) is 51.8 Å². The topological polar surface area (TPSA) is 58.9 Å². The lowest BCUT2D eigenvalue weighted by Gasteiger charge is -2.13. The van der Waals surface area contributed by atoms with Crippen LogP contribution in [0, 0.1) is 6.92 Å². The summed E-state index contributed by atoms with van der Waals surface area (Å²) in [6.45, 7) is 4.00. The van der Waals surface area contributed by atoms with Crippen LogP contribution in [0.2, 0.25) is 0 Å². The molecule has 7 heteroatoms. The molecule has 1 N–H and O–H groups in total. The summed E-state index contributed by atoms with van der Waals surface area (Å²) in [7, 11) is 6.11. The second kappa shape index (κ2) is 7.10. The molecule has 0 bridgehead atoms. The third kappa shape index (κ3) is 3.38. The average molecular weight is 335 g/mol. The van der Waals surface area contributed by atoms with Crippen molar-refractivity contribution in [3.8, 4) is 0 Å². The van der Waals surface area contributed by atoms with E-state index in [2.05, 4.69) is 45.4 Å². The average Bonchev–Trinajstić information content (AvgIpc) is 2.77. The normalized spacial score (nSPS) is 11.2. The first-order valence-electron chi connectivity index (χ1n) is 7.54. The molecule has 0 aliphatic carbocycles. The van der Waals surface area contributed by atoms with E-state index in [0.29, 0.717) is 0 Å². The van der Waals surface area contributed by atoms with Crippen LogP contribution >= 0.6 is 12.4 Å². The lowest BCUT2D eigenvalue weighted by molar-refractivity contribution is 0.405. The van der Waals surface area contributed by atoms with Crippen LogP contribution in [0.15, 0.2) is 18.3 Å². The Hall–Kier alpha value is -1.92. The molecule has 0 unspecified atom stereocenters. The van der Waals surface area contributed by atoms with Gasteiger partial charge >= 0.3 is 0 Å². The molecule has 0 radical (unpaired) electrons. The Morgan fingerprint density at radius 3 is 2.83 bits per heavy atom. The minimum Gasteiger partial charge on any atom is -0.384 e. The molecule has 6 nitrogen and oxygen atoms in total. The number of nitrogens with zero attached hydrogens (tertiary/aromatic N) is 5. The molecule has 0 fully saturated rings. The summed E-state index contributed by atoms with van der Waals surface area (Å²) in [5.41, 5.74) is 3.72. The van der Waals surface area contributed by atoms with Gasteiger partial charge in [0.1, 0.15) is 0 Å². The zero-order valence-electron chi connectivity index (χ0n) is 14.0. The molecule has 0 amide bonds. The van der Waals surface area contributed by atoms with E-state index in [1.807, 2.05) is 24.7 Å². The minimum absolute atomic E-state index is 0. The molecule has 0 saturated heterocycles. The second-order valence-corrected chi connectivity index (χ2v) is 5.85. The number of hydrogen-bond acceptors (Lipinski definition) is 5. The van der Waals surface area contributed by atoms with Crippen molar-refractivity contribution in [2.75, 3.05) is 32.5 Å². The zero-order valence-corrected chi connectivity index (χ0v) is 14.8. The molecule has 23 heavy (non-hydrogen) atoms. The molecule has 3 aromatic heterocycles. The van der Waals surface area contributed by atoms with Gasteiger partial charge in [-0.05, 0) is 46.1 Å². The van der Waals surface area contributed by atoms with E-state index in [-0.39, 0.29) is 12.4 Å². The highest BCUT2D eigenvalue weighted by Crippen LogP contribution is 2.31.